The number of hydrogen-bond donors (Lipinski definition) is 3. The highest BCUT2D eigenvalue weighted by molar-refractivity contribution is 6.00. The van der Waals surface area contributed by atoms with Crippen LogP contribution in [0.2, 0.25) is 0 Å². The number of amides is 2. The number of aliphatic hydroxyl groups is 1. The fourth-order valence-electron chi connectivity index (χ4n) is 5.35. The number of methoxy groups -OCH3 is 1. The number of morpholine rings is 1. The summed E-state index contributed by atoms with van der Waals surface area (Å²) in [6, 6.07) is 4.14. The van der Waals surface area contributed by atoms with Crippen LogP contribution in [0, 0.1) is 0 Å². The second kappa shape index (κ2) is 10.3. The summed E-state index contributed by atoms with van der Waals surface area (Å²) in [4.78, 5) is 31.5. The summed E-state index contributed by atoms with van der Waals surface area (Å²) >= 11 is 0. The van der Waals surface area contributed by atoms with Gasteiger partial charge >= 0.3 is 6.18 Å². The maximum absolute atomic E-state index is 14.7. The fourth-order valence-corrected chi connectivity index (χ4v) is 5.35. The number of anilines is 1. The minimum absolute atomic E-state index is 0.0230. The highest BCUT2D eigenvalue weighted by Gasteiger charge is 2.58. The molecular weight excluding hydrogens is 573 g/mol. The molecule has 4 N–H and O–H groups in total. The van der Waals surface area contributed by atoms with Crippen molar-refractivity contribution >= 4 is 28.5 Å². The van der Waals surface area contributed by atoms with E-state index in [-0.39, 0.29) is 41.1 Å². The third-order valence-corrected chi connectivity index (χ3v) is 8.30. The van der Waals surface area contributed by atoms with Crippen molar-refractivity contribution in [2.75, 3.05) is 51.5 Å². The van der Waals surface area contributed by atoms with Gasteiger partial charge in [0.15, 0.2) is 11.6 Å². The van der Waals surface area contributed by atoms with Crippen LogP contribution in [-0.4, -0.2) is 84.4 Å². The lowest BCUT2D eigenvalue weighted by molar-refractivity contribution is -0.265. The van der Waals surface area contributed by atoms with Crippen molar-refractivity contribution in [3.05, 3.63) is 41.2 Å². The topological polar surface area (TPSA) is 154 Å². The Bertz CT molecular complexity index is 1600. The molecule has 1 saturated carbocycles. The number of alkyl halides is 3. The van der Waals surface area contributed by atoms with Crippen molar-refractivity contribution in [3.63, 3.8) is 0 Å². The van der Waals surface area contributed by atoms with Crippen LogP contribution in [0.5, 0.6) is 11.5 Å². The predicted octanol–water partition coefficient (Wildman–Crippen LogP) is 1.93. The molecule has 0 bridgehead atoms. The molecule has 0 radical (unpaired) electrons. The number of nitrogens with two attached hydrogens (primary N) is 1. The first-order chi connectivity index (χ1) is 20.4. The van der Waals surface area contributed by atoms with Gasteiger partial charge in [0.1, 0.15) is 23.3 Å². The first-order valence-electron chi connectivity index (χ1n) is 13.8. The molecule has 4 heterocycles. The number of halogens is 3. The third-order valence-electron chi connectivity index (χ3n) is 8.30. The highest BCUT2D eigenvalue weighted by Crippen LogP contribution is 2.48. The van der Waals surface area contributed by atoms with Crippen LogP contribution in [0.25, 0.3) is 10.9 Å². The fraction of sp³-hybridized carbons (Fsp3) is 0.500. The van der Waals surface area contributed by atoms with Crippen LogP contribution in [0.4, 0.5) is 19.0 Å². The molecule has 3 aromatic rings. The zero-order valence-electron chi connectivity index (χ0n) is 23.5. The minimum atomic E-state index is -5.28. The molecule has 2 atom stereocenters. The Kier molecular flexibility index (Phi) is 6.92. The van der Waals surface area contributed by atoms with Crippen LogP contribution in [0.15, 0.2) is 24.4 Å². The van der Waals surface area contributed by atoms with E-state index in [1.165, 1.54) is 26.2 Å². The van der Waals surface area contributed by atoms with E-state index in [0.717, 1.165) is 18.9 Å². The van der Waals surface area contributed by atoms with E-state index >= 15 is 0 Å². The first kappa shape index (κ1) is 29.0. The molecule has 6 rings (SSSR count). The molecule has 0 spiro atoms. The zero-order chi connectivity index (χ0) is 30.7. The summed E-state index contributed by atoms with van der Waals surface area (Å²) < 4.78 is 62.4. The summed E-state index contributed by atoms with van der Waals surface area (Å²) in [6.45, 7) is 1.16. The number of nitrogens with one attached hydrogen (secondary N) is 1. The van der Waals surface area contributed by atoms with Gasteiger partial charge in [0.25, 0.3) is 5.91 Å². The number of hydrogen-bond acceptors (Lipinski definition) is 9. The van der Waals surface area contributed by atoms with Crippen molar-refractivity contribution < 1.29 is 42.1 Å². The first-order valence-corrected chi connectivity index (χ1v) is 13.8. The Morgan fingerprint density at radius 3 is 2.58 bits per heavy atom. The summed E-state index contributed by atoms with van der Waals surface area (Å²) in [5.74, 6) is -1.25. The maximum atomic E-state index is 14.7. The lowest BCUT2D eigenvalue weighted by Crippen LogP contribution is -2.52. The standard InChI is InChI=1S/C28H31F3N6O6/c1-26(25(32)39)14-43-22-18(26)11-20(34-23(22)36-5-7-42-8-6-36)27(40,28(29,30)31)13-33-24(38)15-9-16-12-37(17-3-4-17)35-21(16)19(10-15)41-2/h9-12,17,40H,3-8,13-14H2,1-2H3,(H2,32,39)(H,33,38)/t26-,27-/m0/s1. The van der Waals surface area contributed by atoms with E-state index in [1.54, 1.807) is 15.8 Å². The second-order valence-corrected chi connectivity index (χ2v) is 11.3. The Labute approximate surface area is 243 Å². The van der Waals surface area contributed by atoms with Gasteiger partial charge in [0.05, 0.1) is 38.6 Å². The van der Waals surface area contributed by atoms with Gasteiger partial charge in [-0.1, -0.05) is 0 Å². The smallest absolute Gasteiger partial charge is 0.424 e. The number of nitrogens with zero attached hydrogens (tertiary/aromatic N) is 4. The number of carbonyl (C=O) groups excluding carboxylic acids is 2. The van der Waals surface area contributed by atoms with Gasteiger partial charge in [0, 0.05) is 35.8 Å². The average Bonchev–Trinajstić information content (AvgIpc) is 3.65. The number of fused-ring (bicyclic) bond motifs is 2. The van der Waals surface area contributed by atoms with Crippen LogP contribution < -0.4 is 25.4 Å². The molecule has 0 unspecified atom stereocenters. The van der Waals surface area contributed by atoms with E-state index in [1.807, 2.05) is 0 Å². The summed E-state index contributed by atoms with van der Waals surface area (Å²) in [6.07, 6.45) is -1.56. The number of aromatic nitrogens is 3. The lowest BCUT2D eigenvalue weighted by Gasteiger charge is -2.34. The average molecular weight is 605 g/mol. The third kappa shape index (κ3) is 4.89. The maximum Gasteiger partial charge on any atom is 0.424 e. The quantitative estimate of drug-likeness (QED) is 0.350. The molecule has 2 fully saturated rings. The minimum Gasteiger partial charge on any atom is -0.494 e. The van der Waals surface area contributed by atoms with Gasteiger partial charge in [-0.25, -0.2) is 4.98 Å². The second-order valence-electron chi connectivity index (χ2n) is 11.3. The summed E-state index contributed by atoms with van der Waals surface area (Å²) in [7, 11) is 1.41. The molecule has 1 saturated heterocycles. The normalized spacial score (nSPS) is 21.7. The number of benzene rings is 1. The molecule has 3 aliphatic rings. The van der Waals surface area contributed by atoms with Crippen molar-refractivity contribution in [2.45, 2.75) is 43.0 Å². The molecular formula is C28H31F3N6O6. The molecule has 2 amide bonds. The Morgan fingerprint density at radius 1 is 1.23 bits per heavy atom. The highest BCUT2D eigenvalue weighted by atomic mass is 19.4. The van der Waals surface area contributed by atoms with Crippen molar-refractivity contribution in [1.29, 1.82) is 0 Å². The van der Waals surface area contributed by atoms with Crippen LogP contribution in [0.1, 0.15) is 47.4 Å². The van der Waals surface area contributed by atoms with Gasteiger partial charge in [-0.2, -0.15) is 18.3 Å². The van der Waals surface area contributed by atoms with E-state index < -0.39 is 41.2 Å². The molecule has 2 aromatic heterocycles. The number of carbonyl (C=O) groups is 2. The number of rotatable bonds is 8. The van der Waals surface area contributed by atoms with Crippen LogP contribution >= 0.6 is 0 Å². The number of pyridine rings is 1. The SMILES string of the molecule is COc1cc(C(=O)NC[C@](O)(c2cc3c(c(N4CCOCC4)n2)OC[C@]3(C)C(N)=O)C(F)(F)F)cc2cn(C3CC3)nc12. The van der Waals surface area contributed by atoms with Crippen molar-refractivity contribution in [1.82, 2.24) is 20.1 Å². The molecule has 12 nitrogen and oxygen atoms in total. The van der Waals surface area contributed by atoms with E-state index in [0.29, 0.717) is 37.2 Å². The number of ether oxygens (including phenoxy) is 3. The van der Waals surface area contributed by atoms with Gasteiger partial charge in [-0.05, 0) is 38.0 Å². The van der Waals surface area contributed by atoms with Crippen molar-refractivity contribution in [3.8, 4) is 11.5 Å². The van der Waals surface area contributed by atoms with Gasteiger partial charge < -0.3 is 35.3 Å². The van der Waals surface area contributed by atoms with E-state index in [4.69, 9.17) is 19.9 Å². The predicted molar refractivity (Wildman–Crippen MR) is 146 cm³/mol. The zero-order valence-corrected chi connectivity index (χ0v) is 23.5. The molecule has 2 aliphatic heterocycles. The molecule has 1 aromatic carbocycles. The largest absolute Gasteiger partial charge is 0.494 e. The van der Waals surface area contributed by atoms with Crippen molar-refractivity contribution in [2.24, 2.45) is 5.73 Å². The van der Waals surface area contributed by atoms with E-state index in [9.17, 15) is 27.9 Å². The molecule has 15 heteroatoms. The molecule has 43 heavy (non-hydrogen) atoms. The monoisotopic (exact) mass is 604 g/mol. The molecule has 230 valence electrons. The Hall–Kier alpha value is -4.11. The van der Waals surface area contributed by atoms with Gasteiger partial charge in [-0.15, -0.1) is 0 Å². The summed E-state index contributed by atoms with van der Waals surface area (Å²) in [5, 5.41) is 18.6. The Balaban J connectivity index is 1.36. The van der Waals surface area contributed by atoms with Crippen LogP contribution in [-0.2, 0) is 20.5 Å². The number of primary amides is 1. The van der Waals surface area contributed by atoms with E-state index in [2.05, 4.69) is 15.4 Å². The van der Waals surface area contributed by atoms with Crippen LogP contribution in [0.3, 0.4) is 0 Å². The molecule has 1 aliphatic carbocycles. The van der Waals surface area contributed by atoms with Gasteiger partial charge in [-0.3, -0.25) is 14.3 Å². The lowest BCUT2D eigenvalue weighted by atomic mass is 9.82. The summed E-state index contributed by atoms with van der Waals surface area (Å²) in [5.41, 5.74) is 0.342. The Morgan fingerprint density at radius 2 is 1.95 bits per heavy atom. The van der Waals surface area contributed by atoms with Gasteiger partial charge in [0.2, 0.25) is 11.5 Å².